The standard InChI is InChI=1S/C17H18N5O/c1-12-13(2)22-10-4-5-16(17(22)21(12)3)23-11-14-6-8-15(9-7-14)19-20-18/h4-10H,11H2,1-3H3/q+1. The first-order valence-electron chi connectivity index (χ1n) is 7.35. The average Bonchev–Trinajstić information content (AvgIpc) is 2.80. The van der Waals surface area contributed by atoms with Gasteiger partial charge in [0.15, 0.2) is 0 Å². The predicted molar refractivity (Wildman–Crippen MR) is 87.6 cm³/mol. The van der Waals surface area contributed by atoms with E-state index in [2.05, 4.69) is 32.8 Å². The van der Waals surface area contributed by atoms with E-state index in [9.17, 15) is 0 Å². The summed E-state index contributed by atoms with van der Waals surface area (Å²) in [7, 11) is 2.04. The number of fused-ring (bicyclic) bond motifs is 1. The Hall–Kier alpha value is -2.98. The minimum absolute atomic E-state index is 0.458. The molecule has 0 amide bonds. The molecule has 0 atom stereocenters. The maximum Gasteiger partial charge on any atom is 0.329 e. The maximum atomic E-state index is 8.42. The van der Waals surface area contributed by atoms with Gasteiger partial charge in [0.2, 0.25) is 5.75 Å². The molecule has 1 aromatic carbocycles. The summed E-state index contributed by atoms with van der Waals surface area (Å²) in [5.74, 6) is 0.838. The Balaban J connectivity index is 1.87. The van der Waals surface area contributed by atoms with Crippen LogP contribution in [0.5, 0.6) is 5.75 Å². The minimum Gasteiger partial charge on any atom is -0.481 e. The number of imidazole rings is 1. The van der Waals surface area contributed by atoms with Gasteiger partial charge in [-0.3, -0.25) is 0 Å². The zero-order chi connectivity index (χ0) is 16.4. The third-order valence-electron chi connectivity index (χ3n) is 4.13. The van der Waals surface area contributed by atoms with Crippen molar-refractivity contribution in [2.45, 2.75) is 20.5 Å². The molecule has 0 N–H and O–H groups in total. The molecule has 0 aliphatic rings. The molecule has 2 aromatic heterocycles. The van der Waals surface area contributed by atoms with Crippen molar-refractivity contribution in [3.05, 3.63) is 70.0 Å². The van der Waals surface area contributed by atoms with Gasteiger partial charge >= 0.3 is 5.65 Å². The Labute approximate surface area is 134 Å². The molecule has 6 nitrogen and oxygen atoms in total. The highest BCUT2D eigenvalue weighted by molar-refractivity contribution is 5.51. The molecule has 0 bridgehead atoms. The van der Waals surface area contributed by atoms with Crippen LogP contribution < -0.4 is 9.30 Å². The molecule has 2 heterocycles. The Kier molecular flexibility index (Phi) is 3.91. The van der Waals surface area contributed by atoms with E-state index < -0.39 is 0 Å². The fourth-order valence-corrected chi connectivity index (χ4v) is 2.64. The molecule has 0 radical (unpaired) electrons. The van der Waals surface area contributed by atoms with Crippen molar-refractivity contribution in [1.29, 1.82) is 0 Å². The van der Waals surface area contributed by atoms with Crippen LogP contribution in [0.3, 0.4) is 0 Å². The first-order chi connectivity index (χ1) is 11.1. The van der Waals surface area contributed by atoms with Gasteiger partial charge in [-0.25, -0.2) is 4.57 Å². The Bertz CT molecular complexity index is 905. The maximum absolute atomic E-state index is 8.42. The Morgan fingerprint density at radius 2 is 1.96 bits per heavy atom. The summed E-state index contributed by atoms with van der Waals surface area (Å²) in [5.41, 5.74) is 13.5. The Morgan fingerprint density at radius 3 is 2.65 bits per heavy atom. The number of hydrogen-bond donors (Lipinski definition) is 0. The summed E-state index contributed by atoms with van der Waals surface area (Å²) in [6.45, 7) is 4.65. The number of hydrogen-bond acceptors (Lipinski definition) is 2. The van der Waals surface area contributed by atoms with E-state index in [0.29, 0.717) is 12.3 Å². The van der Waals surface area contributed by atoms with Crippen LogP contribution in [0, 0.1) is 13.8 Å². The van der Waals surface area contributed by atoms with Gasteiger partial charge in [-0.05, 0) is 23.2 Å². The lowest BCUT2D eigenvalue weighted by molar-refractivity contribution is -0.651. The zero-order valence-electron chi connectivity index (χ0n) is 13.4. The third-order valence-corrected chi connectivity index (χ3v) is 4.13. The number of ether oxygens (including phenoxy) is 1. The van der Waals surface area contributed by atoms with Crippen LogP contribution in [0.15, 0.2) is 47.7 Å². The summed E-state index contributed by atoms with van der Waals surface area (Å²) in [5, 5.41) is 3.56. The lowest BCUT2D eigenvalue weighted by atomic mass is 10.2. The second-order valence-corrected chi connectivity index (χ2v) is 5.44. The highest BCUT2D eigenvalue weighted by Gasteiger charge is 2.20. The number of rotatable bonds is 4. The fourth-order valence-electron chi connectivity index (χ4n) is 2.64. The van der Waals surface area contributed by atoms with Crippen molar-refractivity contribution in [3.8, 4) is 5.75 Å². The van der Waals surface area contributed by atoms with E-state index in [1.807, 2.05) is 37.5 Å². The summed E-state index contributed by atoms with van der Waals surface area (Å²) < 4.78 is 10.3. The molecule has 0 unspecified atom stereocenters. The van der Waals surface area contributed by atoms with Gasteiger partial charge in [0, 0.05) is 24.4 Å². The van der Waals surface area contributed by atoms with Crippen molar-refractivity contribution in [1.82, 2.24) is 4.40 Å². The van der Waals surface area contributed by atoms with Crippen LogP contribution in [-0.4, -0.2) is 4.40 Å². The molecular weight excluding hydrogens is 290 g/mol. The SMILES string of the molecule is Cc1c(C)[n+](C)c2c(OCc3ccc(N=[N+]=[N-])cc3)cccn12. The van der Waals surface area contributed by atoms with Crippen molar-refractivity contribution in [2.24, 2.45) is 12.2 Å². The first-order valence-corrected chi connectivity index (χ1v) is 7.35. The van der Waals surface area contributed by atoms with Crippen LogP contribution in [0.1, 0.15) is 17.0 Å². The largest absolute Gasteiger partial charge is 0.481 e. The quantitative estimate of drug-likeness (QED) is 0.312. The summed E-state index contributed by atoms with van der Waals surface area (Å²) >= 11 is 0. The van der Waals surface area contributed by atoms with Gasteiger partial charge in [0.25, 0.3) is 0 Å². The number of aryl methyl sites for hydroxylation is 2. The molecule has 6 heteroatoms. The highest BCUT2D eigenvalue weighted by atomic mass is 16.5. The van der Waals surface area contributed by atoms with Crippen molar-refractivity contribution in [2.75, 3.05) is 0 Å². The third kappa shape index (κ3) is 2.72. The Morgan fingerprint density at radius 1 is 1.22 bits per heavy atom. The van der Waals surface area contributed by atoms with Gasteiger partial charge in [-0.2, -0.15) is 4.40 Å². The number of nitrogens with zero attached hydrogens (tertiary/aromatic N) is 5. The van der Waals surface area contributed by atoms with Gasteiger partial charge in [0.1, 0.15) is 18.0 Å². The van der Waals surface area contributed by atoms with Gasteiger partial charge < -0.3 is 4.74 Å². The summed E-state index contributed by atoms with van der Waals surface area (Å²) in [6.07, 6.45) is 2.04. The zero-order valence-corrected chi connectivity index (χ0v) is 13.4. The van der Waals surface area contributed by atoms with Crippen LogP contribution >= 0.6 is 0 Å². The molecule has 3 aromatic rings. The van der Waals surface area contributed by atoms with Crippen molar-refractivity contribution < 1.29 is 9.30 Å². The molecular formula is C17H18N5O+. The molecule has 0 aliphatic carbocycles. The molecule has 0 aliphatic heterocycles. The molecule has 0 saturated carbocycles. The molecule has 23 heavy (non-hydrogen) atoms. The lowest BCUT2D eigenvalue weighted by Gasteiger charge is -2.06. The topological polar surface area (TPSA) is 66.3 Å². The normalized spacial score (nSPS) is 10.6. The van der Waals surface area contributed by atoms with Crippen LogP contribution in [0.25, 0.3) is 16.1 Å². The fraction of sp³-hybridized carbons (Fsp3) is 0.235. The predicted octanol–water partition coefficient (Wildman–Crippen LogP) is 3.90. The monoisotopic (exact) mass is 308 g/mol. The average molecular weight is 308 g/mol. The van der Waals surface area contributed by atoms with E-state index in [-0.39, 0.29) is 0 Å². The van der Waals surface area contributed by atoms with Gasteiger partial charge in [-0.15, -0.1) is 0 Å². The van der Waals surface area contributed by atoms with E-state index in [1.165, 1.54) is 11.4 Å². The summed E-state index contributed by atoms with van der Waals surface area (Å²) in [6, 6.07) is 11.3. The second-order valence-electron chi connectivity index (χ2n) is 5.44. The van der Waals surface area contributed by atoms with Crippen LogP contribution in [-0.2, 0) is 13.7 Å². The number of benzene rings is 1. The minimum atomic E-state index is 0.458. The number of pyridine rings is 1. The van der Waals surface area contributed by atoms with Crippen LogP contribution in [0.4, 0.5) is 5.69 Å². The van der Waals surface area contributed by atoms with E-state index >= 15 is 0 Å². The van der Waals surface area contributed by atoms with Crippen molar-refractivity contribution in [3.63, 3.8) is 0 Å². The second kappa shape index (κ2) is 6.02. The summed E-state index contributed by atoms with van der Waals surface area (Å²) in [4.78, 5) is 2.77. The number of aromatic nitrogens is 2. The molecule has 116 valence electrons. The van der Waals surface area contributed by atoms with E-state index in [4.69, 9.17) is 10.3 Å². The molecule has 0 saturated heterocycles. The smallest absolute Gasteiger partial charge is 0.329 e. The van der Waals surface area contributed by atoms with Gasteiger partial charge in [0.05, 0.1) is 13.2 Å². The first kappa shape index (κ1) is 14.9. The van der Waals surface area contributed by atoms with Crippen LogP contribution in [0.2, 0.25) is 0 Å². The molecule has 3 rings (SSSR count). The van der Waals surface area contributed by atoms with Gasteiger partial charge in [-0.1, -0.05) is 29.4 Å². The molecule has 0 fully saturated rings. The van der Waals surface area contributed by atoms with E-state index in [1.54, 1.807) is 12.1 Å². The highest BCUT2D eigenvalue weighted by Crippen LogP contribution is 2.21. The van der Waals surface area contributed by atoms with E-state index in [0.717, 1.165) is 17.0 Å². The van der Waals surface area contributed by atoms with Crippen molar-refractivity contribution >= 4 is 11.3 Å². The lowest BCUT2D eigenvalue weighted by Crippen LogP contribution is -2.30. The molecule has 0 spiro atoms. The number of azide groups is 1.